The second-order valence-corrected chi connectivity index (χ2v) is 6.40. The third-order valence-electron chi connectivity index (χ3n) is 4.28. The molecule has 6 heteroatoms. The van der Waals surface area contributed by atoms with Crippen LogP contribution in [0.15, 0.2) is 48.5 Å². The van der Waals surface area contributed by atoms with Crippen molar-refractivity contribution in [2.75, 3.05) is 5.32 Å². The lowest BCUT2D eigenvalue weighted by molar-refractivity contribution is -0.112. The summed E-state index contributed by atoms with van der Waals surface area (Å²) < 4.78 is 7.37. The number of carbonyl (C=O) groups is 2. The zero-order valence-electron chi connectivity index (χ0n) is 15.7. The number of benzene rings is 2. The molecule has 0 aliphatic rings. The number of hydrogen-bond acceptors (Lipinski definition) is 4. The summed E-state index contributed by atoms with van der Waals surface area (Å²) in [6, 6.07) is 14.6. The molecule has 138 valence electrons. The second kappa shape index (κ2) is 7.45. The quantitative estimate of drug-likeness (QED) is 0.550. The van der Waals surface area contributed by atoms with E-state index in [4.69, 9.17) is 4.74 Å². The number of aromatic nitrogens is 2. The van der Waals surface area contributed by atoms with E-state index in [9.17, 15) is 9.59 Å². The summed E-state index contributed by atoms with van der Waals surface area (Å²) >= 11 is 0. The van der Waals surface area contributed by atoms with E-state index in [0.717, 1.165) is 11.3 Å². The van der Waals surface area contributed by atoms with Crippen molar-refractivity contribution in [1.29, 1.82) is 0 Å². The van der Waals surface area contributed by atoms with E-state index >= 15 is 0 Å². The Kier molecular flexibility index (Phi) is 5.07. The minimum atomic E-state index is -0.693. The van der Waals surface area contributed by atoms with Gasteiger partial charge in [0.15, 0.2) is 0 Å². The summed E-state index contributed by atoms with van der Waals surface area (Å²) in [5, 5.41) is 6.80. The van der Waals surface area contributed by atoms with Crippen molar-refractivity contribution in [1.82, 2.24) is 9.78 Å². The number of ketones is 1. The van der Waals surface area contributed by atoms with Crippen molar-refractivity contribution in [2.24, 2.45) is 7.05 Å². The highest BCUT2D eigenvalue weighted by molar-refractivity contribution is 6.47. The molecule has 0 aliphatic carbocycles. The largest absolute Gasteiger partial charge is 0.457 e. The van der Waals surface area contributed by atoms with Crippen molar-refractivity contribution < 1.29 is 14.3 Å². The maximum absolute atomic E-state index is 12.5. The fourth-order valence-electron chi connectivity index (χ4n) is 2.82. The highest BCUT2D eigenvalue weighted by Crippen LogP contribution is 2.24. The molecule has 0 bridgehead atoms. The number of aryl methyl sites for hydroxylation is 3. The maximum atomic E-state index is 12.5. The molecule has 1 N–H and O–H groups in total. The van der Waals surface area contributed by atoms with Crippen LogP contribution in [0, 0.1) is 20.8 Å². The van der Waals surface area contributed by atoms with Crippen LogP contribution >= 0.6 is 0 Å². The van der Waals surface area contributed by atoms with Gasteiger partial charge in [-0.05, 0) is 62.7 Å². The van der Waals surface area contributed by atoms with Gasteiger partial charge < -0.3 is 10.1 Å². The predicted molar refractivity (Wildman–Crippen MR) is 103 cm³/mol. The first-order valence-corrected chi connectivity index (χ1v) is 8.55. The van der Waals surface area contributed by atoms with E-state index < -0.39 is 11.7 Å². The molecule has 0 atom stereocenters. The number of ether oxygens (including phenoxy) is 1. The Hall–Kier alpha value is -3.41. The number of carbonyl (C=O) groups excluding carboxylic acids is 2. The van der Waals surface area contributed by atoms with E-state index in [1.807, 2.05) is 31.2 Å². The molecular weight excluding hydrogens is 342 g/mol. The van der Waals surface area contributed by atoms with Gasteiger partial charge in [0.25, 0.3) is 11.7 Å². The van der Waals surface area contributed by atoms with E-state index in [1.54, 1.807) is 49.8 Å². The van der Waals surface area contributed by atoms with Gasteiger partial charge in [0.1, 0.15) is 11.5 Å². The Morgan fingerprint density at radius 2 is 1.70 bits per heavy atom. The molecule has 6 nitrogen and oxygen atoms in total. The summed E-state index contributed by atoms with van der Waals surface area (Å²) in [7, 11) is 1.74. The summed E-state index contributed by atoms with van der Waals surface area (Å²) in [5.41, 5.74) is 3.17. The number of nitrogens with one attached hydrogen (secondary N) is 1. The summed E-state index contributed by atoms with van der Waals surface area (Å²) in [6.07, 6.45) is 0. The molecule has 0 spiro atoms. The van der Waals surface area contributed by atoms with Crippen molar-refractivity contribution in [2.45, 2.75) is 20.8 Å². The first-order valence-electron chi connectivity index (χ1n) is 8.55. The molecule has 0 radical (unpaired) electrons. The smallest absolute Gasteiger partial charge is 0.296 e. The topological polar surface area (TPSA) is 73.2 Å². The van der Waals surface area contributed by atoms with Crippen molar-refractivity contribution >= 4 is 17.4 Å². The fourth-order valence-corrected chi connectivity index (χ4v) is 2.82. The summed E-state index contributed by atoms with van der Waals surface area (Å²) in [6.45, 7) is 5.47. The maximum Gasteiger partial charge on any atom is 0.296 e. The van der Waals surface area contributed by atoms with Crippen LogP contribution in [0.1, 0.15) is 27.3 Å². The molecule has 1 amide bonds. The van der Waals surface area contributed by atoms with Crippen LogP contribution < -0.4 is 10.1 Å². The number of hydrogen-bond donors (Lipinski definition) is 1. The lowest BCUT2D eigenvalue weighted by Crippen LogP contribution is -2.24. The molecule has 0 fully saturated rings. The molecule has 0 unspecified atom stereocenters. The lowest BCUT2D eigenvalue weighted by atomic mass is 10.1. The number of nitrogens with zero attached hydrogens (tertiary/aromatic N) is 2. The number of amides is 1. The lowest BCUT2D eigenvalue weighted by Gasteiger charge is -2.08. The van der Waals surface area contributed by atoms with Crippen LogP contribution in [0.2, 0.25) is 0 Å². The Balaban J connectivity index is 1.69. The van der Waals surface area contributed by atoms with Gasteiger partial charge in [0, 0.05) is 18.4 Å². The molecule has 2 aromatic carbocycles. The monoisotopic (exact) mass is 363 g/mol. The molecule has 3 rings (SSSR count). The molecule has 0 saturated heterocycles. The van der Waals surface area contributed by atoms with Gasteiger partial charge in [-0.1, -0.05) is 12.1 Å². The van der Waals surface area contributed by atoms with Gasteiger partial charge in [-0.3, -0.25) is 14.3 Å². The number of anilines is 1. The highest BCUT2D eigenvalue weighted by Gasteiger charge is 2.23. The average molecular weight is 363 g/mol. The normalized spacial score (nSPS) is 10.5. The second-order valence-electron chi connectivity index (χ2n) is 6.40. The van der Waals surface area contributed by atoms with Crippen molar-refractivity contribution in [3.8, 4) is 11.5 Å². The van der Waals surface area contributed by atoms with Gasteiger partial charge in [-0.15, -0.1) is 0 Å². The molecule has 1 heterocycles. The molecular formula is C21H21N3O3. The molecule has 0 saturated carbocycles. The third-order valence-corrected chi connectivity index (χ3v) is 4.28. The van der Waals surface area contributed by atoms with E-state index in [1.165, 1.54) is 0 Å². The van der Waals surface area contributed by atoms with E-state index in [0.29, 0.717) is 28.4 Å². The minimum absolute atomic E-state index is 0.342. The van der Waals surface area contributed by atoms with Gasteiger partial charge in [-0.25, -0.2) is 0 Å². The Morgan fingerprint density at radius 1 is 1.00 bits per heavy atom. The van der Waals surface area contributed by atoms with Crippen LogP contribution in [-0.2, 0) is 11.8 Å². The zero-order valence-corrected chi connectivity index (χ0v) is 15.7. The van der Waals surface area contributed by atoms with Gasteiger partial charge in [-0.2, -0.15) is 5.10 Å². The zero-order chi connectivity index (χ0) is 19.6. The van der Waals surface area contributed by atoms with Crippen LogP contribution in [0.25, 0.3) is 0 Å². The molecule has 27 heavy (non-hydrogen) atoms. The van der Waals surface area contributed by atoms with Gasteiger partial charge in [0.05, 0.1) is 11.3 Å². The summed E-state index contributed by atoms with van der Waals surface area (Å²) in [4.78, 5) is 24.8. The third kappa shape index (κ3) is 4.06. The van der Waals surface area contributed by atoms with Gasteiger partial charge >= 0.3 is 0 Å². The first kappa shape index (κ1) is 18.4. The Bertz CT molecular complexity index is 1000. The minimum Gasteiger partial charge on any atom is -0.457 e. The number of rotatable bonds is 5. The Morgan fingerprint density at radius 3 is 2.30 bits per heavy atom. The van der Waals surface area contributed by atoms with E-state index in [-0.39, 0.29) is 0 Å². The van der Waals surface area contributed by atoms with Crippen LogP contribution in [0.3, 0.4) is 0 Å². The van der Waals surface area contributed by atoms with Gasteiger partial charge in [0.2, 0.25) is 0 Å². The summed E-state index contributed by atoms with van der Waals surface area (Å²) in [5.74, 6) is 0.0908. The standard InChI is InChI=1S/C21H21N3O3/c1-13-6-5-7-18(12-13)27-17-10-8-16(9-11-17)22-21(26)20(25)19-14(2)23-24(4)15(19)3/h5-12H,1-4H3,(H,22,26). The highest BCUT2D eigenvalue weighted by atomic mass is 16.5. The predicted octanol–water partition coefficient (Wildman–Crippen LogP) is 3.96. The molecule has 1 aromatic heterocycles. The van der Waals surface area contributed by atoms with Crippen LogP contribution in [0.4, 0.5) is 5.69 Å². The Labute approximate surface area is 157 Å². The van der Waals surface area contributed by atoms with Crippen molar-refractivity contribution in [3.63, 3.8) is 0 Å². The molecule has 0 aliphatic heterocycles. The molecule has 3 aromatic rings. The van der Waals surface area contributed by atoms with E-state index in [2.05, 4.69) is 10.4 Å². The SMILES string of the molecule is Cc1cccc(Oc2ccc(NC(=O)C(=O)c3c(C)nn(C)c3C)cc2)c1. The fraction of sp³-hybridized carbons (Fsp3) is 0.190. The first-order chi connectivity index (χ1) is 12.8. The number of Topliss-reactive ketones (excluding diaryl/α,β-unsaturated/α-hetero) is 1. The van der Waals surface area contributed by atoms with Crippen LogP contribution in [0.5, 0.6) is 11.5 Å². The van der Waals surface area contributed by atoms with Crippen molar-refractivity contribution in [3.05, 3.63) is 71.0 Å². The van der Waals surface area contributed by atoms with Crippen LogP contribution in [-0.4, -0.2) is 21.5 Å². The average Bonchev–Trinajstić information content (AvgIpc) is 2.88.